The van der Waals surface area contributed by atoms with E-state index in [2.05, 4.69) is 219 Å². The van der Waals surface area contributed by atoms with E-state index in [0.29, 0.717) is 0 Å². The Hall–Kier alpha value is -2.82. The van der Waals surface area contributed by atoms with Crippen molar-refractivity contribution in [2.24, 2.45) is 0 Å². The molecule has 8 rings (SSSR count). The van der Waals surface area contributed by atoms with Crippen molar-refractivity contribution in [2.45, 2.75) is 30.8 Å². The van der Waals surface area contributed by atoms with Gasteiger partial charge in [-0.05, 0) is 84.8 Å². The molecular weight excluding hydrogens is 820 g/mol. The van der Waals surface area contributed by atoms with E-state index in [1.54, 1.807) is 0 Å². The van der Waals surface area contributed by atoms with Gasteiger partial charge in [-0.3, -0.25) is 0 Å². The molecule has 9 heteroatoms. The molecule has 0 bridgehead atoms. The molecule has 2 N–H and O–H groups in total. The summed E-state index contributed by atoms with van der Waals surface area (Å²) in [4.78, 5) is 7.34. The third kappa shape index (κ3) is 10.1. The first-order valence-electron chi connectivity index (χ1n) is 18.7. The van der Waals surface area contributed by atoms with Crippen LogP contribution in [0, 0.1) is 0 Å². The molecule has 6 aromatic rings. The molecule has 300 valence electrons. The van der Waals surface area contributed by atoms with Crippen molar-refractivity contribution in [2.75, 3.05) is 52.8 Å². The summed E-state index contributed by atoms with van der Waals surface area (Å²) in [5.74, 6) is 4.20. The molecule has 0 aromatic heterocycles. The summed E-state index contributed by atoms with van der Waals surface area (Å²) in [7, 11) is 8.61. The van der Waals surface area contributed by atoms with Gasteiger partial charge in [0.2, 0.25) is 0 Å². The Bertz CT molecular complexity index is 1890. The number of fused-ring (bicyclic) bond motifs is 4. The zero-order chi connectivity index (χ0) is 37.4. The second-order valence-corrected chi connectivity index (χ2v) is 18.9. The fourth-order valence-electron chi connectivity index (χ4n) is 7.56. The zero-order valence-electron chi connectivity index (χ0n) is 33.1. The summed E-state index contributed by atoms with van der Waals surface area (Å²) in [6.07, 6.45) is 0. The topological polar surface area (TPSA) is 38.0 Å². The van der Waals surface area contributed by atoms with Crippen LogP contribution in [-0.2, 0) is 21.0 Å². The zero-order valence-corrected chi connectivity index (χ0v) is 38.0. The Kier molecular flexibility index (Phi) is 18.1. The molecule has 6 aromatic carbocycles. The van der Waals surface area contributed by atoms with Gasteiger partial charge in [0.05, 0.1) is 9.49 Å². The number of hydrogen-bond donors (Lipinski definition) is 0. The highest BCUT2D eigenvalue weighted by atomic mass is 35.5. The maximum atomic E-state index is 2.34. The molecule has 3 nitrogen and oxygen atoms in total. The Labute approximate surface area is 370 Å². The molecule has 2 atom stereocenters. The van der Waals surface area contributed by atoms with Crippen LogP contribution in [0.5, 0.6) is 0 Å². The number of nitrogens with zero attached hydrogens (tertiary/aromatic N) is 2. The highest BCUT2D eigenvalue weighted by Gasteiger charge is 2.42. The third-order valence-corrected chi connectivity index (χ3v) is 15.4. The quantitative estimate of drug-likeness (QED) is 0.137. The maximum absolute atomic E-state index is 2.34. The minimum atomic E-state index is -0.173. The minimum absolute atomic E-state index is 0. The molecule has 2 heterocycles. The van der Waals surface area contributed by atoms with E-state index >= 15 is 0 Å². The Morgan fingerprint density at radius 3 is 1.12 bits per heavy atom. The van der Waals surface area contributed by atoms with Gasteiger partial charge in [0, 0.05) is 45.9 Å². The van der Waals surface area contributed by atoms with Gasteiger partial charge in [-0.1, -0.05) is 146 Å². The van der Waals surface area contributed by atoms with E-state index in [9.17, 15) is 0 Å². The van der Waals surface area contributed by atoms with Gasteiger partial charge in [-0.15, -0.1) is 71.9 Å². The van der Waals surface area contributed by atoms with Gasteiger partial charge in [-0.2, -0.15) is 0 Å². The monoisotopic (exact) mass is 872 g/mol. The van der Waals surface area contributed by atoms with E-state index in [1.807, 2.05) is 23.5 Å². The van der Waals surface area contributed by atoms with Gasteiger partial charge in [-0.25, -0.2) is 0 Å². The van der Waals surface area contributed by atoms with Gasteiger partial charge in [0.15, 0.2) is 0 Å². The van der Waals surface area contributed by atoms with Crippen LogP contribution < -0.4 is 0 Å². The standard InChI is InChI=1S/2C24H25NS2.2ClH.H2O/c2*1-25(2)16-17-27-24(20-11-4-3-5-12-20)21-13-7-6-10-19(21)18-26-23-15-9-8-14-22(23)24;;;/h2*3-15H,16-18H2,1-2H3;2*1H;1H2. The molecule has 2 unspecified atom stereocenters. The molecule has 0 spiro atoms. The molecular formula is C48H54Cl2N2OS4. The Morgan fingerprint density at radius 1 is 0.439 bits per heavy atom. The smallest absolute Gasteiger partial charge is 0.0921 e. The van der Waals surface area contributed by atoms with E-state index in [1.165, 1.54) is 54.3 Å². The fraction of sp³-hybridized carbons (Fsp3) is 0.250. The molecule has 0 fully saturated rings. The molecule has 2 aliphatic heterocycles. The van der Waals surface area contributed by atoms with Crippen LogP contribution in [0.25, 0.3) is 0 Å². The lowest BCUT2D eigenvalue weighted by molar-refractivity contribution is 0.437. The molecule has 0 radical (unpaired) electrons. The van der Waals surface area contributed by atoms with E-state index in [-0.39, 0.29) is 39.8 Å². The van der Waals surface area contributed by atoms with Crippen molar-refractivity contribution < 1.29 is 5.48 Å². The summed E-state index contributed by atoms with van der Waals surface area (Å²) in [6, 6.07) is 58.1. The lowest BCUT2D eigenvalue weighted by Crippen LogP contribution is -2.29. The summed E-state index contributed by atoms with van der Waals surface area (Å²) >= 11 is 8.07. The highest BCUT2D eigenvalue weighted by Crippen LogP contribution is 2.56. The second-order valence-electron chi connectivity index (χ2n) is 14.3. The van der Waals surface area contributed by atoms with E-state index in [0.717, 1.165) is 36.1 Å². The van der Waals surface area contributed by atoms with Gasteiger partial charge < -0.3 is 15.3 Å². The molecule has 0 saturated carbocycles. The van der Waals surface area contributed by atoms with Crippen molar-refractivity contribution >= 4 is 71.9 Å². The van der Waals surface area contributed by atoms with Crippen LogP contribution in [0.2, 0.25) is 0 Å². The van der Waals surface area contributed by atoms with Crippen LogP contribution in [0.3, 0.4) is 0 Å². The lowest BCUT2D eigenvalue weighted by atomic mass is 9.82. The number of thioether (sulfide) groups is 4. The lowest BCUT2D eigenvalue weighted by Gasteiger charge is -2.36. The number of halogens is 2. The fourth-order valence-corrected chi connectivity index (χ4v) is 13.4. The van der Waals surface area contributed by atoms with Gasteiger partial charge >= 0.3 is 0 Å². The SMILES string of the molecule is CN(C)CCSC1(c2ccccc2)c2ccccc2CSc2ccccc21.CN(C)CCSC1(c2ccccc2)c2ccccc2CSc2ccccc21.Cl.Cl.O. The van der Waals surface area contributed by atoms with Crippen LogP contribution in [0.1, 0.15) is 44.5 Å². The maximum Gasteiger partial charge on any atom is 0.0921 e. The van der Waals surface area contributed by atoms with Crippen molar-refractivity contribution in [3.8, 4) is 0 Å². The van der Waals surface area contributed by atoms with Crippen LogP contribution >= 0.6 is 71.9 Å². The number of benzene rings is 6. The van der Waals surface area contributed by atoms with E-state index in [4.69, 9.17) is 0 Å². The van der Waals surface area contributed by atoms with Gasteiger partial charge in [0.25, 0.3) is 0 Å². The third-order valence-electron chi connectivity index (χ3n) is 10.2. The Morgan fingerprint density at radius 2 is 0.754 bits per heavy atom. The molecule has 0 amide bonds. The first-order valence-corrected chi connectivity index (χ1v) is 22.7. The summed E-state index contributed by atoms with van der Waals surface area (Å²) < 4.78 is -0.345. The van der Waals surface area contributed by atoms with Crippen molar-refractivity contribution in [1.82, 2.24) is 9.80 Å². The average Bonchev–Trinajstić information content (AvgIpc) is 3.44. The number of rotatable bonds is 10. The van der Waals surface area contributed by atoms with Crippen LogP contribution in [-0.4, -0.2) is 68.1 Å². The number of hydrogen-bond acceptors (Lipinski definition) is 6. The van der Waals surface area contributed by atoms with Crippen molar-refractivity contribution in [3.05, 3.63) is 202 Å². The average molecular weight is 874 g/mol. The minimum Gasteiger partial charge on any atom is -0.412 e. The predicted molar refractivity (Wildman–Crippen MR) is 258 cm³/mol. The first kappa shape index (κ1) is 46.9. The predicted octanol–water partition coefficient (Wildman–Crippen LogP) is 11.8. The molecule has 2 aliphatic rings. The highest BCUT2D eigenvalue weighted by molar-refractivity contribution is 8.01. The largest absolute Gasteiger partial charge is 0.412 e. The van der Waals surface area contributed by atoms with Crippen molar-refractivity contribution in [1.29, 1.82) is 0 Å². The summed E-state index contributed by atoms with van der Waals surface area (Å²) in [5.41, 5.74) is 11.4. The van der Waals surface area contributed by atoms with Crippen molar-refractivity contribution in [3.63, 3.8) is 0 Å². The molecule has 0 aliphatic carbocycles. The first-order chi connectivity index (χ1) is 26.4. The van der Waals surface area contributed by atoms with Crippen LogP contribution in [0.15, 0.2) is 168 Å². The molecule has 57 heavy (non-hydrogen) atoms. The van der Waals surface area contributed by atoms with Crippen LogP contribution in [0.4, 0.5) is 0 Å². The molecule has 0 saturated heterocycles. The Balaban J connectivity index is 0.000000240. The summed E-state index contributed by atoms with van der Waals surface area (Å²) in [6.45, 7) is 2.13. The van der Waals surface area contributed by atoms with E-state index < -0.39 is 0 Å². The normalized spacial score (nSPS) is 17.6. The second kappa shape index (κ2) is 22.0. The van der Waals surface area contributed by atoms with Gasteiger partial charge in [0.1, 0.15) is 0 Å². The summed E-state index contributed by atoms with van der Waals surface area (Å²) in [5, 5.41) is 0.